The third-order valence-electron chi connectivity index (χ3n) is 2.70. The molecule has 0 rings (SSSR count). The van der Waals surface area contributed by atoms with Crippen LogP contribution in [0.5, 0.6) is 0 Å². The molecule has 0 aliphatic heterocycles. The third kappa shape index (κ3) is 10.3. The Balaban J connectivity index is 0. The molecule has 7 heteroatoms. The fourth-order valence-corrected chi connectivity index (χ4v) is 1.66. The number of carboxylic acids is 1. The van der Waals surface area contributed by atoms with Gasteiger partial charge in [-0.2, -0.15) is 0 Å². The van der Waals surface area contributed by atoms with Crippen LogP contribution in [0.4, 0.5) is 0 Å². The van der Waals surface area contributed by atoms with Gasteiger partial charge in [-0.05, 0) is 33.4 Å². The Kier molecular flexibility index (Phi) is 12.8. The van der Waals surface area contributed by atoms with Crippen molar-refractivity contribution in [1.82, 2.24) is 15.5 Å². The van der Waals surface area contributed by atoms with Crippen molar-refractivity contribution in [2.75, 3.05) is 27.2 Å². The first-order valence-corrected chi connectivity index (χ1v) is 6.32. The number of likely N-dealkylation sites (N-methyl/N-ethyl adjacent to an activating group) is 1. The number of hydrogen-bond acceptors (Lipinski definition) is 4. The molecule has 0 aliphatic carbocycles. The van der Waals surface area contributed by atoms with Crippen molar-refractivity contribution < 1.29 is 19.5 Å². The number of rotatable bonds is 11. The maximum absolute atomic E-state index is 11.9. The fourth-order valence-electron chi connectivity index (χ4n) is 1.66. The minimum atomic E-state index is -0.929. The van der Waals surface area contributed by atoms with Gasteiger partial charge in [0.05, 0.1) is 12.5 Å². The van der Waals surface area contributed by atoms with Gasteiger partial charge in [0, 0.05) is 13.1 Å². The molecule has 0 radical (unpaired) electrons. The molecule has 1 atom stereocenters. The molecule has 0 aromatic heterocycles. The molecule has 0 bridgehead atoms. The van der Waals surface area contributed by atoms with E-state index < -0.39 is 5.97 Å². The van der Waals surface area contributed by atoms with Crippen LogP contribution in [-0.2, 0) is 14.4 Å². The first-order valence-electron chi connectivity index (χ1n) is 6.32. The van der Waals surface area contributed by atoms with Gasteiger partial charge in [0.25, 0.3) is 0 Å². The van der Waals surface area contributed by atoms with E-state index in [1.54, 1.807) is 0 Å². The lowest BCUT2D eigenvalue weighted by molar-refractivity contribution is -0.137. The molecule has 7 nitrogen and oxygen atoms in total. The number of hydrogen-bond donors (Lipinski definition) is 3. The van der Waals surface area contributed by atoms with Crippen LogP contribution >= 0.6 is 0 Å². The summed E-state index contributed by atoms with van der Waals surface area (Å²) in [5.74, 6) is -1.09. The van der Waals surface area contributed by atoms with Crippen LogP contribution in [0.25, 0.3) is 0 Å². The molecule has 0 saturated heterocycles. The number of amides is 2. The molecular weight excluding hydrogens is 265 g/mol. The minimum absolute atomic E-state index is 0. The van der Waals surface area contributed by atoms with Crippen molar-refractivity contribution in [1.29, 1.82) is 0 Å². The summed E-state index contributed by atoms with van der Waals surface area (Å²) >= 11 is 0. The van der Waals surface area contributed by atoms with E-state index in [1.807, 2.05) is 19.0 Å². The largest absolute Gasteiger partial charge is 0.481 e. The van der Waals surface area contributed by atoms with Crippen LogP contribution < -0.4 is 10.6 Å². The van der Waals surface area contributed by atoms with E-state index >= 15 is 0 Å². The lowest BCUT2D eigenvalue weighted by atomic mass is 10.1. The third-order valence-corrected chi connectivity index (χ3v) is 2.70. The maximum Gasteiger partial charge on any atom is 0.305 e. The molecule has 2 amide bonds. The van der Waals surface area contributed by atoms with E-state index in [1.165, 1.54) is 0 Å². The highest BCUT2D eigenvalue weighted by molar-refractivity contribution is 5.82. The van der Waals surface area contributed by atoms with Crippen LogP contribution in [0.3, 0.4) is 0 Å². The number of aliphatic carboxylic acids is 1. The Morgan fingerprint density at radius 1 is 1.25 bits per heavy atom. The number of carbonyl (C=O) groups excluding carboxylic acids is 2. The SMILES string of the molecule is CN(C)C(CCCCN[13CH]=O)C(=O)N[13CH2]CC(=O)O.[13CH4]. The van der Waals surface area contributed by atoms with Gasteiger partial charge in [-0.3, -0.25) is 19.3 Å². The topological polar surface area (TPSA) is 98.7 Å². The average Bonchev–Trinajstić information content (AvgIpc) is 2.32. The summed E-state index contributed by atoms with van der Waals surface area (Å²) < 4.78 is 0. The van der Waals surface area contributed by atoms with Gasteiger partial charge in [0.1, 0.15) is 0 Å². The molecular formula is C13H27N3O4. The zero-order valence-corrected chi connectivity index (χ0v) is 11.5. The highest BCUT2D eigenvalue weighted by Gasteiger charge is 2.19. The Labute approximate surface area is 120 Å². The van der Waals surface area contributed by atoms with Gasteiger partial charge >= 0.3 is 5.97 Å². The Morgan fingerprint density at radius 3 is 2.40 bits per heavy atom. The van der Waals surface area contributed by atoms with Gasteiger partial charge < -0.3 is 15.7 Å². The van der Waals surface area contributed by atoms with Gasteiger partial charge in [-0.15, -0.1) is 0 Å². The van der Waals surface area contributed by atoms with E-state index in [-0.39, 0.29) is 32.3 Å². The Morgan fingerprint density at radius 2 is 1.90 bits per heavy atom. The second-order valence-electron chi connectivity index (χ2n) is 4.48. The Hall–Kier alpha value is -1.63. The molecule has 20 heavy (non-hydrogen) atoms. The molecule has 3 N–H and O–H groups in total. The van der Waals surface area contributed by atoms with Gasteiger partial charge in [-0.1, -0.05) is 7.43 Å². The summed E-state index contributed by atoms with van der Waals surface area (Å²) in [7, 11) is 3.62. The highest BCUT2D eigenvalue weighted by Crippen LogP contribution is 2.06. The molecule has 0 heterocycles. The zero-order chi connectivity index (χ0) is 14.7. The van der Waals surface area contributed by atoms with Crippen molar-refractivity contribution >= 4 is 18.3 Å². The molecule has 0 spiro atoms. The number of unbranched alkanes of at least 4 members (excludes halogenated alkanes) is 1. The van der Waals surface area contributed by atoms with E-state index in [0.717, 1.165) is 12.8 Å². The summed E-state index contributed by atoms with van der Waals surface area (Å²) in [5, 5.41) is 13.7. The molecule has 1 unspecified atom stereocenters. The van der Waals surface area contributed by atoms with E-state index in [2.05, 4.69) is 10.6 Å². The summed E-state index contributed by atoms with van der Waals surface area (Å²) in [4.78, 5) is 34.1. The predicted octanol–water partition coefficient (Wildman–Crippen LogP) is 0.0599. The molecule has 0 saturated carbocycles. The number of carbonyl (C=O) groups is 3. The molecule has 118 valence electrons. The molecule has 0 aliphatic rings. The van der Waals surface area contributed by atoms with Gasteiger partial charge in [-0.25, -0.2) is 0 Å². The van der Waals surface area contributed by atoms with Crippen LogP contribution in [0.15, 0.2) is 0 Å². The van der Waals surface area contributed by atoms with Crippen molar-refractivity contribution in [2.24, 2.45) is 0 Å². The zero-order valence-electron chi connectivity index (χ0n) is 11.5. The summed E-state index contributed by atoms with van der Waals surface area (Å²) in [5.41, 5.74) is 0. The summed E-state index contributed by atoms with van der Waals surface area (Å²) in [6, 6.07) is -0.273. The second kappa shape index (κ2) is 12.4. The van der Waals surface area contributed by atoms with Crippen molar-refractivity contribution in [3.63, 3.8) is 0 Å². The van der Waals surface area contributed by atoms with Crippen LogP contribution in [-0.4, -0.2) is 61.5 Å². The predicted molar refractivity (Wildman–Crippen MR) is 77.4 cm³/mol. The average molecular weight is 292 g/mol. The smallest absolute Gasteiger partial charge is 0.305 e. The summed E-state index contributed by atoms with van der Waals surface area (Å²) in [6.45, 7) is 0.746. The van der Waals surface area contributed by atoms with E-state index in [0.29, 0.717) is 19.4 Å². The van der Waals surface area contributed by atoms with E-state index in [9.17, 15) is 14.4 Å². The number of nitrogens with zero attached hydrogens (tertiary/aromatic N) is 1. The minimum Gasteiger partial charge on any atom is -0.481 e. The monoisotopic (exact) mass is 292 g/mol. The molecule has 0 fully saturated rings. The molecule has 0 aromatic carbocycles. The second-order valence-corrected chi connectivity index (χ2v) is 4.48. The van der Waals surface area contributed by atoms with Crippen LogP contribution in [0.1, 0.15) is 33.1 Å². The number of nitrogens with one attached hydrogen (secondary N) is 2. The standard InChI is InChI=1S/C12H23N3O4.CH4/c1-15(2)10(5-3-4-7-13-9-16)12(19)14-8-6-11(17)18;/h9-10H,3-8H2,1-2H3,(H,13,16)(H,14,19)(H,17,18);1H4/i8+1,9+1;1+1. The quantitative estimate of drug-likeness (QED) is 0.284. The lowest BCUT2D eigenvalue weighted by Gasteiger charge is -2.23. The van der Waals surface area contributed by atoms with Crippen molar-refractivity contribution in [3.8, 4) is 0 Å². The van der Waals surface area contributed by atoms with Gasteiger partial charge in [0.15, 0.2) is 0 Å². The van der Waals surface area contributed by atoms with Gasteiger partial charge in [0.2, 0.25) is 12.3 Å². The van der Waals surface area contributed by atoms with Crippen molar-refractivity contribution in [3.05, 3.63) is 0 Å². The first-order chi connectivity index (χ1) is 8.99. The van der Waals surface area contributed by atoms with Crippen LogP contribution in [0.2, 0.25) is 0 Å². The Bertz CT molecular complexity index is 295. The number of carboxylic acid groups (broad SMARTS) is 1. The highest BCUT2D eigenvalue weighted by atomic mass is 16.4. The normalized spacial score (nSPS) is 11.3. The first kappa shape index (κ1) is 20.7. The van der Waals surface area contributed by atoms with Crippen molar-refractivity contribution in [2.45, 2.75) is 39.2 Å². The maximum atomic E-state index is 11.9. The molecule has 0 aromatic rings. The van der Waals surface area contributed by atoms with Crippen LogP contribution in [0, 0.1) is 0 Å². The summed E-state index contributed by atoms with van der Waals surface area (Å²) in [6.07, 6.45) is 2.88. The lowest BCUT2D eigenvalue weighted by Crippen LogP contribution is -2.44. The fraction of sp³-hybridized carbons (Fsp3) is 0.769. The van der Waals surface area contributed by atoms with E-state index in [4.69, 9.17) is 5.11 Å².